The molecule has 0 atom stereocenters. The first kappa shape index (κ1) is 19.6. The highest BCUT2D eigenvalue weighted by molar-refractivity contribution is 6.14. The Hall–Kier alpha value is -4.31. The predicted molar refractivity (Wildman–Crippen MR) is 128 cm³/mol. The van der Waals surface area contributed by atoms with Gasteiger partial charge in [0, 0.05) is 35.3 Å². The second kappa shape index (κ2) is 8.82. The van der Waals surface area contributed by atoms with Crippen molar-refractivity contribution in [3.63, 3.8) is 0 Å². The fourth-order valence-corrected chi connectivity index (χ4v) is 3.83. The third kappa shape index (κ3) is 4.12. The Morgan fingerprint density at radius 1 is 0.875 bits per heavy atom. The molecule has 32 heavy (non-hydrogen) atoms. The zero-order valence-electron chi connectivity index (χ0n) is 17.4. The lowest BCUT2D eigenvalue weighted by molar-refractivity contribution is 0.104. The van der Waals surface area contributed by atoms with Gasteiger partial charge in [0.25, 0.3) is 0 Å². The van der Waals surface area contributed by atoms with Crippen molar-refractivity contribution in [3.05, 3.63) is 126 Å². The predicted octanol–water partition coefficient (Wildman–Crippen LogP) is 6.04. The average molecular weight is 415 g/mol. The van der Waals surface area contributed by atoms with Crippen LogP contribution in [0, 0.1) is 0 Å². The average Bonchev–Trinajstić information content (AvgIpc) is 3.26. The molecule has 0 bridgehead atoms. The number of rotatable bonds is 6. The van der Waals surface area contributed by atoms with Crippen LogP contribution >= 0.6 is 0 Å². The van der Waals surface area contributed by atoms with E-state index in [-0.39, 0.29) is 5.78 Å². The van der Waals surface area contributed by atoms with Crippen molar-refractivity contribution in [1.29, 1.82) is 0 Å². The molecule has 0 saturated carbocycles. The number of ketones is 1. The highest BCUT2D eigenvalue weighted by Gasteiger charge is 2.12. The van der Waals surface area contributed by atoms with E-state index in [2.05, 4.69) is 17.1 Å². The Balaban J connectivity index is 1.50. The molecule has 154 valence electrons. The highest BCUT2D eigenvalue weighted by atomic mass is 16.1. The van der Waals surface area contributed by atoms with E-state index in [0.717, 1.165) is 33.2 Å². The van der Waals surface area contributed by atoms with E-state index in [1.807, 2.05) is 89.8 Å². The number of benzene rings is 3. The molecule has 5 rings (SSSR count). The van der Waals surface area contributed by atoms with Gasteiger partial charge in [-0.1, -0.05) is 72.8 Å². The summed E-state index contributed by atoms with van der Waals surface area (Å²) in [6, 6.07) is 27.8. The highest BCUT2D eigenvalue weighted by Crippen LogP contribution is 2.24. The maximum Gasteiger partial charge on any atom is 0.186 e. The van der Waals surface area contributed by atoms with Gasteiger partial charge in [-0.15, -0.1) is 0 Å². The number of pyridine rings is 1. The molecule has 2 heterocycles. The summed E-state index contributed by atoms with van der Waals surface area (Å²) in [7, 11) is 0. The monoisotopic (exact) mass is 415 g/mol. The third-order valence-electron chi connectivity index (χ3n) is 5.38. The van der Waals surface area contributed by atoms with Gasteiger partial charge in [0.15, 0.2) is 5.78 Å². The summed E-state index contributed by atoms with van der Waals surface area (Å²) in [5.41, 5.74) is 4.45. The first-order valence-electron chi connectivity index (χ1n) is 10.5. The topological polar surface area (TPSA) is 47.8 Å². The number of carbonyl (C=O) groups excluding carboxylic acids is 1. The van der Waals surface area contributed by atoms with Crippen molar-refractivity contribution in [2.75, 3.05) is 0 Å². The van der Waals surface area contributed by atoms with Crippen molar-refractivity contribution in [2.24, 2.45) is 0 Å². The van der Waals surface area contributed by atoms with E-state index in [1.54, 1.807) is 18.5 Å². The van der Waals surface area contributed by atoms with Crippen LogP contribution < -0.4 is 0 Å². The van der Waals surface area contributed by atoms with Crippen LogP contribution in [-0.4, -0.2) is 20.5 Å². The normalized spacial score (nSPS) is 11.2. The molecule has 0 aliphatic rings. The Kier molecular flexibility index (Phi) is 5.41. The smallest absolute Gasteiger partial charge is 0.186 e. The SMILES string of the molecule is O=C(/C=C/c1cn(Cc2ccccc2)nc1-c1cccnc1)c1cccc2ccccc12. The summed E-state index contributed by atoms with van der Waals surface area (Å²) in [5, 5.41) is 6.80. The first-order chi connectivity index (χ1) is 15.8. The molecule has 0 N–H and O–H groups in total. The molecule has 0 spiro atoms. The minimum absolute atomic E-state index is 0.0326. The Labute approximate surface area is 186 Å². The largest absolute Gasteiger partial charge is 0.289 e. The molecule has 0 amide bonds. The molecule has 0 fully saturated rings. The zero-order valence-corrected chi connectivity index (χ0v) is 17.4. The van der Waals surface area contributed by atoms with Crippen molar-refractivity contribution in [1.82, 2.24) is 14.8 Å². The maximum atomic E-state index is 13.1. The molecular formula is C28H21N3O. The van der Waals surface area contributed by atoms with Crippen LogP contribution in [0.2, 0.25) is 0 Å². The molecule has 0 aliphatic carbocycles. The van der Waals surface area contributed by atoms with Crippen LogP contribution in [0.25, 0.3) is 28.1 Å². The molecule has 0 aliphatic heterocycles. The summed E-state index contributed by atoms with van der Waals surface area (Å²) in [5.74, 6) is -0.0326. The number of fused-ring (bicyclic) bond motifs is 1. The van der Waals surface area contributed by atoms with Gasteiger partial charge in [-0.05, 0) is 40.6 Å². The lowest BCUT2D eigenvalue weighted by atomic mass is 10.0. The molecule has 0 saturated heterocycles. The van der Waals surface area contributed by atoms with Gasteiger partial charge in [0.2, 0.25) is 0 Å². The number of nitrogens with zero attached hydrogens (tertiary/aromatic N) is 3. The summed E-state index contributed by atoms with van der Waals surface area (Å²) in [6.07, 6.45) is 8.98. The zero-order chi connectivity index (χ0) is 21.8. The molecule has 4 heteroatoms. The van der Waals surface area contributed by atoms with Crippen molar-refractivity contribution in [2.45, 2.75) is 6.54 Å². The summed E-state index contributed by atoms with van der Waals surface area (Å²) in [4.78, 5) is 17.3. The fraction of sp³-hybridized carbons (Fsp3) is 0.0357. The number of hydrogen-bond donors (Lipinski definition) is 0. The second-order valence-electron chi connectivity index (χ2n) is 7.58. The van der Waals surface area contributed by atoms with E-state index in [4.69, 9.17) is 5.10 Å². The van der Waals surface area contributed by atoms with Gasteiger partial charge >= 0.3 is 0 Å². The third-order valence-corrected chi connectivity index (χ3v) is 5.38. The summed E-state index contributed by atoms with van der Waals surface area (Å²) >= 11 is 0. The van der Waals surface area contributed by atoms with Crippen LogP contribution in [0.4, 0.5) is 0 Å². The quantitative estimate of drug-likeness (QED) is 0.251. The van der Waals surface area contributed by atoms with Gasteiger partial charge in [-0.25, -0.2) is 0 Å². The molecule has 3 aromatic carbocycles. The Bertz CT molecular complexity index is 1400. The van der Waals surface area contributed by atoms with E-state index >= 15 is 0 Å². The number of aromatic nitrogens is 3. The molecule has 2 aromatic heterocycles. The lowest BCUT2D eigenvalue weighted by Crippen LogP contribution is -2.00. The van der Waals surface area contributed by atoms with E-state index < -0.39 is 0 Å². The van der Waals surface area contributed by atoms with Gasteiger partial charge in [-0.2, -0.15) is 5.10 Å². The first-order valence-corrected chi connectivity index (χ1v) is 10.5. The number of allylic oxidation sites excluding steroid dienone is 1. The number of carbonyl (C=O) groups is 1. The minimum Gasteiger partial charge on any atom is -0.289 e. The summed E-state index contributed by atoms with van der Waals surface area (Å²) in [6.45, 7) is 0.652. The molecular weight excluding hydrogens is 394 g/mol. The van der Waals surface area contributed by atoms with Crippen molar-refractivity contribution >= 4 is 22.6 Å². The minimum atomic E-state index is -0.0326. The van der Waals surface area contributed by atoms with Gasteiger partial charge in [-0.3, -0.25) is 14.5 Å². The van der Waals surface area contributed by atoms with E-state index in [0.29, 0.717) is 12.1 Å². The molecule has 5 aromatic rings. The molecule has 0 unspecified atom stereocenters. The van der Waals surface area contributed by atoms with E-state index in [9.17, 15) is 4.79 Å². The molecule has 0 radical (unpaired) electrons. The van der Waals surface area contributed by atoms with Crippen LogP contribution in [0.5, 0.6) is 0 Å². The maximum absolute atomic E-state index is 13.1. The van der Waals surface area contributed by atoms with Crippen LogP contribution in [0.1, 0.15) is 21.5 Å². The number of hydrogen-bond acceptors (Lipinski definition) is 3. The Morgan fingerprint density at radius 3 is 2.53 bits per heavy atom. The van der Waals surface area contributed by atoms with Gasteiger partial charge in [0.05, 0.1) is 6.54 Å². The van der Waals surface area contributed by atoms with Crippen LogP contribution in [-0.2, 0) is 6.54 Å². The van der Waals surface area contributed by atoms with Crippen LogP contribution in [0.3, 0.4) is 0 Å². The van der Waals surface area contributed by atoms with Gasteiger partial charge < -0.3 is 0 Å². The fourth-order valence-electron chi connectivity index (χ4n) is 3.83. The van der Waals surface area contributed by atoms with Crippen molar-refractivity contribution < 1.29 is 4.79 Å². The van der Waals surface area contributed by atoms with Crippen LogP contribution in [0.15, 0.2) is 110 Å². The van der Waals surface area contributed by atoms with Gasteiger partial charge in [0.1, 0.15) is 5.69 Å². The summed E-state index contributed by atoms with van der Waals surface area (Å²) < 4.78 is 1.90. The van der Waals surface area contributed by atoms with Crippen molar-refractivity contribution in [3.8, 4) is 11.3 Å². The second-order valence-corrected chi connectivity index (χ2v) is 7.58. The molecule has 4 nitrogen and oxygen atoms in total. The lowest BCUT2D eigenvalue weighted by Gasteiger charge is -2.03. The van der Waals surface area contributed by atoms with E-state index in [1.165, 1.54) is 0 Å². The Morgan fingerprint density at radius 2 is 1.69 bits per heavy atom. The standard InChI is InChI=1S/C28H21N3O/c32-27(26-14-6-11-22-10-4-5-13-25(22)26)16-15-24-20-31(19-21-8-2-1-3-9-21)30-28(24)23-12-7-17-29-18-23/h1-18,20H,19H2/b16-15+.